The summed E-state index contributed by atoms with van der Waals surface area (Å²) in [5.74, 6) is 0.449. The first-order valence-corrected chi connectivity index (χ1v) is 13.0. The highest BCUT2D eigenvalue weighted by Crippen LogP contribution is 2.35. The molecule has 1 aromatic heterocycles. The largest absolute Gasteiger partial charge is 0.496 e. The van der Waals surface area contributed by atoms with E-state index in [2.05, 4.69) is 4.90 Å². The van der Waals surface area contributed by atoms with Gasteiger partial charge in [-0.05, 0) is 53.9 Å². The van der Waals surface area contributed by atoms with Crippen LogP contribution in [0.15, 0.2) is 48.5 Å². The number of carbonyl (C=O) groups excluding carboxylic acids is 1. The van der Waals surface area contributed by atoms with Crippen LogP contribution in [0.2, 0.25) is 5.02 Å². The van der Waals surface area contributed by atoms with Crippen LogP contribution in [0, 0.1) is 6.92 Å². The Morgan fingerprint density at radius 2 is 1.89 bits per heavy atom. The van der Waals surface area contributed by atoms with Gasteiger partial charge in [0.05, 0.1) is 36.1 Å². The van der Waals surface area contributed by atoms with Gasteiger partial charge in [0.15, 0.2) is 5.13 Å². The number of ether oxygens (including phenoxy) is 2. The first-order valence-electron chi connectivity index (χ1n) is 11.8. The smallest absolute Gasteiger partial charge is 0.263 e. The van der Waals surface area contributed by atoms with E-state index in [1.807, 2.05) is 55.5 Å². The number of halogens is 2. The highest BCUT2D eigenvalue weighted by atomic mass is 35.5. The van der Waals surface area contributed by atoms with Crippen LogP contribution in [0.1, 0.15) is 22.3 Å². The summed E-state index contributed by atoms with van der Waals surface area (Å²) < 4.78 is 12.1. The molecule has 1 amide bonds. The number of hydrogen-bond acceptors (Lipinski definition) is 6. The minimum Gasteiger partial charge on any atom is -0.496 e. The summed E-state index contributed by atoms with van der Waals surface area (Å²) in [6.07, 6.45) is 0.831. The minimum atomic E-state index is -0.114. The van der Waals surface area contributed by atoms with Gasteiger partial charge in [-0.1, -0.05) is 47.2 Å². The third-order valence-corrected chi connectivity index (χ3v) is 7.92. The van der Waals surface area contributed by atoms with Gasteiger partial charge in [0.1, 0.15) is 5.75 Å². The van der Waals surface area contributed by atoms with E-state index in [-0.39, 0.29) is 18.3 Å². The maximum absolute atomic E-state index is 14.0. The van der Waals surface area contributed by atoms with Crippen molar-refractivity contribution in [2.45, 2.75) is 13.3 Å². The first-order chi connectivity index (χ1) is 17.0. The standard InChI is InChI=1S/C27H28ClN3O3S.ClH/c1-18-22(28)8-9-24-25(18)29-27(35-24)31(11-5-10-30-12-14-34-15-13-30)26(32)21-16-19-6-3-4-7-20(19)17-23(21)33-2;/h3-4,6-9,16-17H,5,10-15H2,1-2H3;1H. The van der Waals surface area contributed by atoms with Gasteiger partial charge in [0, 0.05) is 31.2 Å². The fourth-order valence-electron chi connectivity index (χ4n) is 4.47. The number of aryl methyl sites for hydroxylation is 1. The van der Waals surface area contributed by atoms with Gasteiger partial charge in [-0.3, -0.25) is 14.6 Å². The molecule has 0 bridgehead atoms. The number of benzene rings is 3. The summed E-state index contributed by atoms with van der Waals surface area (Å²) in [5.41, 5.74) is 2.30. The molecule has 9 heteroatoms. The lowest BCUT2D eigenvalue weighted by atomic mass is 10.0. The molecule has 0 aliphatic carbocycles. The molecule has 1 aliphatic heterocycles. The van der Waals surface area contributed by atoms with Crippen LogP contribution in [0.5, 0.6) is 5.75 Å². The molecule has 0 unspecified atom stereocenters. The topological polar surface area (TPSA) is 54.9 Å². The number of thiazole rings is 1. The van der Waals surface area contributed by atoms with Gasteiger partial charge in [0.2, 0.25) is 0 Å². The summed E-state index contributed by atoms with van der Waals surface area (Å²) in [7, 11) is 1.60. The average Bonchev–Trinajstić information content (AvgIpc) is 3.33. The lowest BCUT2D eigenvalue weighted by Gasteiger charge is -2.28. The van der Waals surface area contributed by atoms with Gasteiger partial charge in [-0.15, -0.1) is 12.4 Å². The SMILES string of the molecule is COc1cc2ccccc2cc1C(=O)N(CCCN1CCOCC1)c1nc2c(C)c(Cl)ccc2s1.Cl. The Labute approximate surface area is 226 Å². The molecule has 3 aromatic carbocycles. The van der Waals surface area contributed by atoms with Gasteiger partial charge >= 0.3 is 0 Å². The second-order valence-corrected chi connectivity index (χ2v) is 10.1. The molecule has 0 spiro atoms. The van der Waals surface area contributed by atoms with Crippen LogP contribution in [0.25, 0.3) is 21.0 Å². The molecule has 2 heterocycles. The van der Waals surface area contributed by atoms with Crippen molar-refractivity contribution in [1.29, 1.82) is 0 Å². The van der Waals surface area contributed by atoms with E-state index in [1.165, 1.54) is 11.3 Å². The summed E-state index contributed by atoms with van der Waals surface area (Å²) >= 11 is 7.87. The predicted molar refractivity (Wildman–Crippen MR) is 151 cm³/mol. The van der Waals surface area contributed by atoms with Crippen LogP contribution in [0.3, 0.4) is 0 Å². The summed E-state index contributed by atoms with van der Waals surface area (Å²) in [6.45, 7) is 6.78. The van der Waals surface area contributed by atoms with Gasteiger partial charge in [0.25, 0.3) is 5.91 Å². The van der Waals surface area contributed by atoms with Gasteiger partial charge < -0.3 is 9.47 Å². The van der Waals surface area contributed by atoms with E-state index in [0.29, 0.717) is 28.0 Å². The molecule has 1 saturated heterocycles. The number of hydrogen-bond donors (Lipinski definition) is 0. The van der Waals surface area contributed by atoms with Crippen molar-refractivity contribution in [1.82, 2.24) is 9.88 Å². The Kier molecular flexibility index (Phi) is 8.70. The zero-order chi connectivity index (χ0) is 24.4. The maximum Gasteiger partial charge on any atom is 0.263 e. The van der Waals surface area contributed by atoms with Crippen molar-refractivity contribution >= 4 is 67.4 Å². The molecular weight excluding hydrogens is 517 g/mol. The van der Waals surface area contributed by atoms with E-state index in [0.717, 1.165) is 65.8 Å². The van der Waals surface area contributed by atoms with Crippen molar-refractivity contribution in [2.75, 3.05) is 51.4 Å². The van der Waals surface area contributed by atoms with Gasteiger partial charge in [-0.25, -0.2) is 4.98 Å². The third-order valence-electron chi connectivity index (χ3n) is 6.47. The van der Waals surface area contributed by atoms with E-state index in [4.69, 9.17) is 26.1 Å². The lowest BCUT2D eigenvalue weighted by molar-refractivity contribution is 0.0376. The average molecular weight is 547 g/mol. The number of rotatable bonds is 7. The molecule has 1 fully saturated rings. The van der Waals surface area contributed by atoms with Crippen molar-refractivity contribution < 1.29 is 14.3 Å². The number of aromatic nitrogens is 1. The summed E-state index contributed by atoms with van der Waals surface area (Å²) in [5, 5.41) is 3.38. The molecule has 190 valence electrons. The molecule has 4 aromatic rings. The number of methoxy groups -OCH3 is 1. The van der Waals surface area contributed by atoms with Crippen molar-refractivity contribution in [3.63, 3.8) is 0 Å². The Balaban J connectivity index is 0.00000304. The Morgan fingerprint density at radius 1 is 1.17 bits per heavy atom. The number of fused-ring (bicyclic) bond motifs is 2. The van der Waals surface area contributed by atoms with Crippen molar-refractivity contribution in [3.8, 4) is 5.75 Å². The second-order valence-electron chi connectivity index (χ2n) is 8.68. The van der Waals surface area contributed by atoms with Crippen molar-refractivity contribution in [2.24, 2.45) is 0 Å². The monoisotopic (exact) mass is 545 g/mol. The van der Waals surface area contributed by atoms with E-state index >= 15 is 0 Å². The van der Waals surface area contributed by atoms with Crippen LogP contribution in [-0.4, -0.2) is 62.3 Å². The molecule has 0 N–H and O–H groups in total. The molecule has 1 aliphatic rings. The van der Waals surface area contributed by atoms with Crippen molar-refractivity contribution in [3.05, 3.63) is 64.7 Å². The third kappa shape index (κ3) is 5.45. The van der Waals surface area contributed by atoms with E-state index in [1.54, 1.807) is 12.0 Å². The zero-order valence-electron chi connectivity index (χ0n) is 20.3. The maximum atomic E-state index is 14.0. The minimum absolute atomic E-state index is 0. The zero-order valence-corrected chi connectivity index (χ0v) is 22.7. The Bertz CT molecular complexity index is 1370. The van der Waals surface area contributed by atoms with Gasteiger partial charge in [-0.2, -0.15) is 0 Å². The highest BCUT2D eigenvalue weighted by Gasteiger charge is 2.25. The highest BCUT2D eigenvalue weighted by molar-refractivity contribution is 7.22. The normalized spacial score (nSPS) is 14.1. The van der Waals surface area contributed by atoms with E-state index in [9.17, 15) is 4.79 Å². The second kappa shape index (κ2) is 11.8. The first kappa shape index (κ1) is 26.6. The number of carbonyl (C=O) groups is 1. The summed E-state index contributed by atoms with van der Waals surface area (Å²) in [4.78, 5) is 23.1. The molecule has 0 radical (unpaired) electrons. The Hall–Kier alpha value is -2.42. The predicted octanol–water partition coefficient (Wildman–Crippen LogP) is 6.21. The molecule has 5 rings (SSSR count). The lowest BCUT2D eigenvalue weighted by Crippen LogP contribution is -2.39. The van der Waals surface area contributed by atoms with Crippen LogP contribution in [-0.2, 0) is 4.74 Å². The number of anilines is 1. The van der Waals surface area contributed by atoms with Crippen LogP contribution >= 0.6 is 35.3 Å². The molecule has 0 atom stereocenters. The van der Waals surface area contributed by atoms with Crippen LogP contribution in [0.4, 0.5) is 5.13 Å². The fraction of sp³-hybridized carbons (Fsp3) is 0.333. The Morgan fingerprint density at radius 3 is 2.61 bits per heavy atom. The van der Waals surface area contributed by atoms with Crippen LogP contribution < -0.4 is 9.64 Å². The van der Waals surface area contributed by atoms with E-state index < -0.39 is 0 Å². The molecule has 0 saturated carbocycles. The number of amides is 1. The summed E-state index contributed by atoms with van der Waals surface area (Å²) in [6, 6.07) is 15.7. The molecular formula is C27H29Cl2N3O3S. The molecule has 36 heavy (non-hydrogen) atoms. The number of morpholine rings is 1. The molecule has 6 nitrogen and oxygen atoms in total. The fourth-order valence-corrected chi connectivity index (χ4v) is 5.67. The quantitative estimate of drug-likeness (QED) is 0.276. The number of nitrogens with zero attached hydrogens (tertiary/aromatic N) is 3.